The summed E-state index contributed by atoms with van der Waals surface area (Å²) in [5.74, 6) is 0. The minimum absolute atomic E-state index is 0.380. The number of hydrogen-bond acceptors (Lipinski definition) is 2. The van der Waals surface area contributed by atoms with E-state index in [0.29, 0.717) is 6.17 Å². The molecule has 12 heavy (non-hydrogen) atoms. The van der Waals surface area contributed by atoms with E-state index >= 15 is 0 Å². The predicted octanol–water partition coefficient (Wildman–Crippen LogP) is 0.571. The molecule has 0 aromatic rings. The molecule has 2 fully saturated rings. The van der Waals surface area contributed by atoms with E-state index in [1.807, 2.05) is 11.3 Å². The molecule has 2 aliphatic rings. The molecule has 0 aliphatic carbocycles. The first-order valence-electron chi connectivity index (χ1n) is 4.80. The highest BCUT2D eigenvalue weighted by Gasteiger charge is 2.30. The van der Waals surface area contributed by atoms with E-state index in [4.69, 9.17) is 0 Å². The highest BCUT2D eigenvalue weighted by molar-refractivity contribution is 5.49. The van der Waals surface area contributed by atoms with Gasteiger partial charge in [0.1, 0.15) is 0 Å². The Bertz CT molecular complexity index is 166. The molecule has 3 heteroatoms. The molecule has 67 valence electrons. The standard InChI is InChI=1S/C9H15N2O/c12-8-11-7-3-4-9(11)10-5-1-2-6-10/h9H,1-7H2. The number of amides is 1. The summed E-state index contributed by atoms with van der Waals surface area (Å²) in [5, 5.41) is 0. The molecule has 1 atom stereocenters. The third kappa shape index (κ3) is 1.33. The predicted molar refractivity (Wildman–Crippen MR) is 46.2 cm³/mol. The molecule has 2 rings (SSSR count). The van der Waals surface area contributed by atoms with Crippen molar-refractivity contribution in [3.05, 3.63) is 0 Å². The van der Waals surface area contributed by atoms with Crippen LogP contribution in [0.3, 0.4) is 0 Å². The first-order valence-corrected chi connectivity index (χ1v) is 4.80. The topological polar surface area (TPSA) is 23.6 Å². The largest absolute Gasteiger partial charge is 0.319 e. The molecule has 0 bridgehead atoms. The summed E-state index contributed by atoms with van der Waals surface area (Å²) in [4.78, 5) is 14.8. The SMILES string of the molecule is O=[C]N1CCCC1N1CCCC1. The summed E-state index contributed by atoms with van der Waals surface area (Å²) >= 11 is 0. The Labute approximate surface area is 73.3 Å². The van der Waals surface area contributed by atoms with E-state index in [-0.39, 0.29) is 0 Å². The average molecular weight is 167 g/mol. The van der Waals surface area contributed by atoms with Crippen molar-refractivity contribution in [3.8, 4) is 0 Å². The van der Waals surface area contributed by atoms with Gasteiger partial charge in [-0.1, -0.05) is 0 Å². The zero-order valence-corrected chi connectivity index (χ0v) is 7.33. The molecule has 1 radical (unpaired) electrons. The van der Waals surface area contributed by atoms with Gasteiger partial charge in [-0.2, -0.15) is 0 Å². The quantitative estimate of drug-likeness (QED) is 0.600. The van der Waals surface area contributed by atoms with E-state index in [9.17, 15) is 4.79 Å². The lowest BCUT2D eigenvalue weighted by Crippen LogP contribution is -2.42. The van der Waals surface area contributed by atoms with Crippen LogP contribution in [0.25, 0.3) is 0 Å². The van der Waals surface area contributed by atoms with Crippen LogP contribution in [0.2, 0.25) is 0 Å². The molecule has 0 aromatic carbocycles. The van der Waals surface area contributed by atoms with Crippen LogP contribution in [-0.4, -0.2) is 42.0 Å². The van der Waals surface area contributed by atoms with Crippen LogP contribution in [0.15, 0.2) is 0 Å². The van der Waals surface area contributed by atoms with Crippen LogP contribution < -0.4 is 0 Å². The number of nitrogens with zero attached hydrogens (tertiary/aromatic N) is 2. The van der Waals surface area contributed by atoms with Crippen LogP contribution >= 0.6 is 0 Å². The Morgan fingerprint density at radius 3 is 2.50 bits per heavy atom. The maximum absolute atomic E-state index is 10.5. The smallest absolute Gasteiger partial charge is 0.313 e. The van der Waals surface area contributed by atoms with E-state index < -0.39 is 0 Å². The molecule has 1 amide bonds. The van der Waals surface area contributed by atoms with E-state index in [2.05, 4.69) is 4.90 Å². The second-order valence-corrected chi connectivity index (χ2v) is 3.65. The third-order valence-corrected chi connectivity index (χ3v) is 2.90. The van der Waals surface area contributed by atoms with E-state index in [1.54, 1.807) is 0 Å². The fourth-order valence-electron chi connectivity index (χ4n) is 2.27. The molecular weight excluding hydrogens is 152 g/mol. The van der Waals surface area contributed by atoms with Crippen molar-refractivity contribution in [2.45, 2.75) is 31.8 Å². The van der Waals surface area contributed by atoms with Crippen molar-refractivity contribution in [3.63, 3.8) is 0 Å². The van der Waals surface area contributed by atoms with E-state index in [1.165, 1.54) is 25.9 Å². The Kier molecular flexibility index (Phi) is 2.30. The maximum atomic E-state index is 10.5. The van der Waals surface area contributed by atoms with Gasteiger partial charge in [-0.05, 0) is 25.7 Å². The van der Waals surface area contributed by atoms with Crippen molar-refractivity contribution in [1.29, 1.82) is 0 Å². The summed E-state index contributed by atoms with van der Waals surface area (Å²) < 4.78 is 0. The lowest BCUT2D eigenvalue weighted by molar-refractivity contribution is 0.147. The molecule has 0 aromatic heterocycles. The van der Waals surface area contributed by atoms with Crippen molar-refractivity contribution in [2.24, 2.45) is 0 Å². The van der Waals surface area contributed by atoms with Gasteiger partial charge in [0.05, 0.1) is 6.17 Å². The second-order valence-electron chi connectivity index (χ2n) is 3.65. The molecule has 2 heterocycles. The Morgan fingerprint density at radius 2 is 1.83 bits per heavy atom. The van der Waals surface area contributed by atoms with Gasteiger partial charge in [0.25, 0.3) is 0 Å². The minimum Gasteiger partial charge on any atom is -0.319 e. The molecule has 0 spiro atoms. The van der Waals surface area contributed by atoms with Crippen molar-refractivity contribution < 1.29 is 4.79 Å². The first kappa shape index (κ1) is 8.05. The monoisotopic (exact) mass is 167 g/mol. The zero-order valence-electron chi connectivity index (χ0n) is 7.33. The lowest BCUT2D eigenvalue weighted by Gasteiger charge is -2.28. The molecule has 1 unspecified atom stereocenters. The maximum Gasteiger partial charge on any atom is 0.313 e. The van der Waals surface area contributed by atoms with Gasteiger partial charge in [-0.25, -0.2) is 0 Å². The summed E-state index contributed by atoms with van der Waals surface area (Å²) in [6.45, 7) is 3.25. The van der Waals surface area contributed by atoms with Gasteiger partial charge in [-0.3, -0.25) is 9.69 Å². The van der Waals surface area contributed by atoms with Gasteiger partial charge in [0, 0.05) is 19.6 Å². The molecule has 0 N–H and O–H groups in total. The molecular formula is C9H15N2O. The summed E-state index contributed by atoms with van der Waals surface area (Å²) in [5.41, 5.74) is 0. The van der Waals surface area contributed by atoms with Gasteiger partial charge in [0.2, 0.25) is 0 Å². The van der Waals surface area contributed by atoms with Crippen molar-refractivity contribution >= 4 is 6.41 Å². The second kappa shape index (κ2) is 3.44. The number of carbonyl (C=O) groups excluding carboxylic acids is 1. The number of rotatable bonds is 2. The lowest BCUT2D eigenvalue weighted by atomic mass is 10.3. The van der Waals surface area contributed by atoms with Crippen LogP contribution in [0.5, 0.6) is 0 Å². The Balaban J connectivity index is 1.96. The van der Waals surface area contributed by atoms with Gasteiger partial charge in [0.15, 0.2) is 0 Å². The molecule has 2 saturated heterocycles. The highest BCUT2D eigenvalue weighted by Crippen LogP contribution is 2.22. The van der Waals surface area contributed by atoms with Crippen LogP contribution in [-0.2, 0) is 4.79 Å². The number of likely N-dealkylation sites (tertiary alicyclic amines) is 2. The Morgan fingerprint density at radius 1 is 1.08 bits per heavy atom. The fourth-order valence-corrected chi connectivity index (χ4v) is 2.27. The van der Waals surface area contributed by atoms with Gasteiger partial charge >= 0.3 is 6.41 Å². The van der Waals surface area contributed by atoms with E-state index in [0.717, 1.165) is 19.4 Å². The summed E-state index contributed by atoms with van der Waals surface area (Å²) in [6.07, 6.45) is 7.30. The number of hydrogen-bond donors (Lipinski definition) is 0. The highest BCUT2D eigenvalue weighted by atomic mass is 16.1. The van der Waals surface area contributed by atoms with Crippen LogP contribution in [0, 0.1) is 0 Å². The van der Waals surface area contributed by atoms with Crippen molar-refractivity contribution in [2.75, 3.05) is 19.6 Å². The van der Waals surface area contributed by atoms with Crippen LogP contribution in [0.4, 0.5) is 0 Å². The van der Waals surface area contributed by atoms with Crippen molar-refractivity contribution in [1.82, 2.24) is 9.80 Å². The molecule has 2 aliphatic heterocycles. The Hall–Kier alpha value is -0.570. The third-order valence-electron chi connectivity index (χ3n) is 2.90. The first-order chi connectivity index (χ1) is 5.92. The van der Waals surface area contributed by atoms with Crippen LogP contribution in [0.1, 0.15) is 25.7 Å². The normalized spacial score (nSPS) is 31.3. The zero-order chi connectivity index (χ0) is 8.39. The summed E-state index contributed by atoms with van der Waals surface area (Å²) in [7, 11) is 0. The average Bonchev–Trinajstić information content (AvgIpc) is 2.74. The van der Waals surface area contributed by atoms with Gasteiger partial charge < -0.3 is 4.90 Å². The minimum atomic E-state index is 0.380. The van der Waals surface area contributed by atoms with Gasteiger partial charge in [-0.15, -0.1) is 0 Å². The summed E-state index contributed by atoms with van der Waals surface area (Å²) in [6, 6.07) is 0. The fraction of sp³-hybridized carbons (Fsp3) is 0.889. The molecule has 0 saturated carbocycles. The molecule has 3 nitrogen and oxygen atoms in total.